The summed E-state index contributed by atoms with van der Waals surface area (Å²) >= 11 is 0. The van der Waals surface area contributed by atoms with Crippen molar-refractivity contribution >= 4 is 0 Å². The number of ether oxygens (including phenoxy) is 2. The first-order valence-corrected chi connectivity index (χ1v) is 12.3. The zero-order valence-electron chi connectivity index (χ0n) is 21.1. The van der Waals surface area contributed by atoms with E-state index in [1.165, 1.54) is 12.1 Å². The predicted octanol–water partition coefficient (Wildman–Crippen LogP) is 9.92. The lowest BCUT2D eigenvalue weighted by molar-refractivity contribution is -0.432. The second-order valence-electron chi connectivity index (χ2n) is 9.84. The monoisotopic (exact) mass is 598 g/mol. The van der Waals surface area contributed by atoms with Gasteiger partial charge in [-0.3, -0.25) is 0 Å². The summed E-state index contributed by atoms with van der Waals surface area (Å²) in [5.41, 5.74) is -4.49. The predicted molar refractivity (Wildman–Crippen MR) is 124 cm³/mol. The van der Waals surface area contributed by atoms with Crippen molar-refractivity contribution in [3.63, 3.8) is 0 Å². The van der Waals surface area contributed by atoms with E-state index in [9.17, 15) is 48.3 Å². The highest BCUT2D eigenvalue weighted by molar-refractivity contribution is 5.66. The maximum absolute atomic E-state index is 14.8. The highest BCUT2D eigenvalue weighted by Gasteiger charge is 2.49. The number of hydrogen-bond donors (Lipinski definition) is 0. The molecule has 4 rings (SSSR count). The van der Waals surface area contributed by atoms with Crippen molar-refractivity contribution in [1.29, 1.82) is 0 Å². The van der Waals surface area contributed by atoms with Crippen molar-refractivity contribution in [3.8, 4) is 16.9 Å². The van der Waals surface area contributed by atoms with Crippen molar-refractivity contribution in [2.45, 2.75) is 57.1 Å². The Balaban J connectivity index is 1.57. The van der Waals surface area contributed by atoms with E-state index in [1.807, 2.05) is 0 Å². The molecule has 3 aromatic carbocycles. The molecule has 41 heavy (non-hydrogen) atoms. The van der Waals surface area contributed by atoms with E-state index in [0.29, 0.717) is 5.92 Å². The highest BCUT2D eigenvalue weighted by Crippen LogP contribution is 2.42. The fourth-order valence-electron chi connectivity index (χ4n) is 4.83. The molecule has 0 bridgehead atoms. The summed E-state index contributed by atoms with van der Waals surface area (Å²) in [7, 11) is 0. The Morgan fingerprint density at radius 2 is 1.17 bits per heavy atom. The van der Waals surface area contributed by atoms with Gasteiger partial charge in [-0.2, -0.15) is 17.6 Å². The third-order valence-electron chi connectivity index (χ3n) is 6.86. The fourth-order valence-corrected chi connectivity index (χ4v) is 4.83. The molecule has 1 aliphatic rings. The van der Waals surface area contributed by atoms with E-state index in [1.54, 1.807) is 0 Å². The van der Waals surface area contributed by atoms with Gasteiger partial charge in [0.2, 0.25) is 0 Å². The van der Waals surface area contributed by atoms with E-state index in [4.69, 9.17) is 0 Å². The van der Waals surface area contributed by atoms with Crippen molar-refractivity contribution in [3.05, 3.63) is 88.5 Å². The molecule has 1 fully saturated rings. The summed E-state index contributed by atoms with van der Waals surface area (Å²) in [6.45, 7) is 2.14. The number of benzene rings is 3. The van der Waals surface area contributed by atoms with Gasteiger partial charge in [0, 0.05) is 12.1 Å². The lowest BCUT2D eigenvalue weighted by Crippen LogP contribution is -2.29. The summed E-state index contributed by atoms with van der Waals surface area (Å²) in [6, 6.07) is 5.72. The van der Waals surface area contributed by atoms with Gasteiger partial charge in [-0.25, -0.2) is 22.3 Å². The molecule has 1 aliphatic carbocycles. The van der Waals surface area contributed by atoms with Gasteiger partial charge in [-0.05, 0) is 60.1 Å². The Kier molecular flexibility index (Phi) is 8.32. The average Bonchev–Trinajstić information content (AvgIpc) is 2.82. The van der Waals surface area contributed by atoms with Crippen molar-refractivity contribution in [2.75, 3.05) is 0 Å². The van der Waals surface area contributed by atoms with E-state index < -0.39 is 69.9 Å². The normalized spacial score (nSPS) is 18.4. The minimum absolute atomic E-state index is 0.0583. The third-order valence-corrected chi connectivity index (χ3v) is 6.86. The van der Waals surface area contributed by atoms with Crippen LogP contribution in [0, 0.1) is 29.2 Å². The second kappa shape index (κ2) is 11.1. The average molecular weight is 598 g/mol. The molecule has 0 saturated heterocycles. The van der Waals surface area contributed by atoms with Crippen molar-refractivity contribution < 1.29 is 57.8 Å². The Labute approximate surface area is 226 Å². The molecule has 0 aromatic heterocycles. The van der Waals surface area contributed by atoms with Gasteiger partial charge in [0.15, 0.2) is 0 Å². The lowest BCUT2D eigenvalue weighted by Gasteiger charge is -2.27. The third kappa shape index (κ3) is 6.94. The van der Waals surface area contributed by atoms with Gasteiger partial charge in [0.05, 0.1) is 11.1 Å². The van der Waals surface area contributed by atoms with Crippen LogP contribution in [0.3, 0.4) is 0 Å². The SMILES string of the molecule is CC1CCC(c2ccc(C(F)(F)Oc3cc(F)c(-c4cc(F)c(C(F)(F)OC(F)(F)F)c(F)c4)c(F)c3)cc2)CC1. The Morgan fingerprint density at radius 3 is 1.66 bits per heavy atom. The molecule has 0 amide bonds. The first-order valence-electron chi connectivity index (χ1n) is 12.3. The van der Waals surface area contributed by atoms with Crippen LogP contribution >= 0.6 is 0 Å². The fraction of sp³-hybridized carbons (Fsp3) is 0.357. The van der Waals surface area contributed by atoms with Crippen LogP contribution in [-0.2, 0) is 17.0 Å². The second-order valence-corrected chi connectivity index (χ2v) is 9.84. The van der Waals surface area contributed by atoms with E-state index in [0.717, 1.165) is 43.4 Å². The lowest BCUT2D eigenvalue weighted by atomic mass is 9.79. The zero-order chi connectivity index (χ0) is 30.3. The molecule has 3 aromatic rings. The topological polar surface area (TPSA) is 18.5 Å². The Hall–Kier alpha value is -3.35. The number of hydrogen-bond acceptors (Lipinski definition) is 2. The van der Waals surface area contributed by atoms with Crippen LogP contribution in [0.4, 0.5) is 48.3 Å². The molecule has 2 nitrogen and oxygen atoms in total. The summed E-state index contributed by atoms with van der Waals surface area (Å²) in [5.74, 6) is -8.18. The molecule has 0 heterocycles. The Bertz CT molecular complexity index is 1350. The first kappa shape index (κ1) is 30.6. The first-order chi connectivity index (χ1) is 19.0. The molecular weight excluding hydrogens is 577 g/mol. The van der Waals surface area contributed by atoms with Gasteiger partial charge in [0.25, 0.3) is 0 Å². The molecule has 0 spiro atoms. The van der Waals surface area contributed by atoms with Crippen molar-refractivity contribution in [2.24, 2.45) is 5.92 Å². The van der Waals surface area contributed by atoms with Gasteiger partial charge >= 0.3 is 18.6 Å². The maximum Gasteiger partial charge on any atom is 0.527 e. The molecule has 13 heteroatoms. The summed E-state index contributed by atoms with van der Waals surface area (Å²) < 4.78 is 159. The zero-order valence-corrected chi connectivity index (χ0v) is 21.1. The van der Waals surface area contributed by atoms with Gasteiger partial charge in [0.1, 0.15) is 34.6 Å². The molecule has 1 saturated carbocycles. The van der Waals surface area contributed by atoms with E-state index in [-0.39, 0.29) is 30.2 Å². The summed E-state index contributed by atoms with van der Waals surface area (Å²) in [6.07, 6.45) is -11.7. The largest absolute Gasteiger partial charge is 0.527 e. The number of rotatable bonds is 7. The van der Waals surface area contributed by atoms with E-state index >= 15 is 0 Å². The smallest absolute Gasteiger partial charge is 0.429 e. The maximum atomic E-state index is 14.8. The molecular formula is C28H21F11O2. The van der Waals surface area contributed by atoms with E-state index in [2.05, 4.69) is 16.4 Å². The minimum Gasteiger partial charge on any atom is -0.429 e. The van der Waals surface area contributed by atoms with Gasteiger partial charge in [-0.15, -0.1) is 13.2 Å². The molecule has 0 radical (unpaired) electrons. The summed E-state index contributed by atoms with van der Waals surface area (Å²) in [4.78, 5) is 0. The van der Waals surface area contributed by atoms with Crippen LogP contribution in [0.15, 0.2) is 48.5 Å². The molecule has 0 atom stereocenters. The number of alkyl halides is 7. The van der Waals surface area contributed by atoms with Crippen LogP contribution in [0.1, 0.15) is 55.2 Å². The van der Waals surface area contributed by atoms with Crippen LogP contribution in [0.25, 0.3) is 11.1 Å². The quantitative estimate of drug-likeness (QED) is 0.252. The van der Waals surface area contributed by atoms with Gasteiger partial charge in [-0.1, -0.05) is 31.9 Å². The Morgan fingerprint density at radius 1 is 0.659 bits per heavy atom. The number of halogens is 11. The minimum atomic E-state index is -5.98. The van der Waals surface area contributed by atoms with Crippen LogP contribution < -0.4 is 4.74 Å². The standard InChI is InChI=1S/C28H21F11O2/c1-14-2-4-15(5-3-14)16-6-8-18(9-7-16)26(33,34)40-19-12-20(29)24(21(30)13-19)17-10-22(31)25(23(32)11-17)27(35,36)41-28(37,38)39/h6-15H,2-5H2,1H3. The van der Waals surface area contributed by atoms with Crippen molar-refractivity contribution in [1.82, 2.24) is 0 Å². The van der Waals surface area contributed by atoms with Gasteiger partial charge < -0.3 is 4.74 Å². The highest BCUT2D eigenvalue weighted by atomic mass is 19.4. The summed E-state index contributed by atoms with van der Waals surface area (Å²) in [5, 5.41) is 0. The van der Waals surface area contributed by atoms with Crippen LogP contribution in [0.5, 0.6) is 5.75 Å². The van der Waals surface area contributed by atoms with Crippen LogP contribution in [-0.4, -0.2) is 6.36 Å². The molecule has 0 unspecified atom stereocenters. The molecule has 0 N–H and O–H groups in total. The van der Waals surface area contributed by atoms with Crippen LogP contribution in [0.2, 0.25) is 0 Å². The molecule has 222 valence electrons. The molecule has 0 aliphatic heterocycles.